The maximum atomic E-state index is 12.5. The van der Waals surface area contributed by atoms with E-state index < -0.39 is 0 Å². The van der Waals surface area contributed by atoms with Gasteiger partial charge in [0.1, 0.15) is 17.3 Å². The topological polar surface area (TPSA) is 84.0 Å². The molecule has 2 N–H and O–H groups in total. The Labute approximate surface area is 168 Å². The molecule has 0 aliphatic rings. The van der Waals surface area contributed by atoms with Crippen molar-refractivity contribution >= 4 is 34.8 Å². The smallest absolute Gasteiger partial charge is 0.274 e. The lowest BCUT2D eigenvalue weighted by molar-refractivity contribution is 0.101. The number of ketones is 1. The fourth-order valence-electron chi connectivity index (χ4n) is 2.59. The average Bonchev–Trinajstić information content (AvgIpc) is 2.67. The zero-order valence-corrected chi connectivity index (χ0v) is 16.2. The van der Waals surface area contributed by atoms with Crippen molar-refractivity contribution in [3.05, 3.63) is 82.3 Å². The zero-order chi connectivity index (χ0) is 20.1. The quantitative estimate of drug-likeness (QED) is 0.601. The van der Waals surface area contributed by atoms with E-state index in [9.17, 15) is 9.59 Å². The molecule has 1 heterocycles. The number of rotatable bonds is 6. The minimum Gasteiger partial charge on any atom is -0.366 e. The van der Waals surface area contributed by atoms with Gasteiger partial charge in [0.15, 0.2) is 5.78 Å². The molecule has 0 saturated carbocycles. The summed E-state index contributed by atoms with van der Waals surface area (Å²) in [7, 11) is 0. The van der Waals surface area contributed by atoms with Crippen LogP contribution in [0.2, 0.25) is 5.02 Å². The van der Waals surface area contributed by atoms with Crippen molar-refractivity contribution in [3.63, 3.8) is 0 Å². The number of halogens is 1. The highest BCUT2D eigenvalue weighted by Gasteiger charge is 2.12. The fourth-order valence-corrected chi connectivity index (χ4v) is 2.79. The third-order valence-corrected chi connectivity index (χ3v) is 4.41. The van der Waals surface area contributed by atoms with Gasteiger partial charge in [0.25, 0.3) is 5.91 Å². The molecule has 0 fully saturated rings. The summed E-state index contributed by atoms with van der Waals surface area (Å²) in [6, 6.07) is 15.8. The molecule has 142 valence electrons. The van der Waals surface area contributed by atoms with E-state index in [1.54, 1.807) is 37.3 Å². The van der Waals surface area contributed by atoms with Crippen LogP contribution in [0, 0.1) is 6.92 Å². The first kappa shape index (κ1) is 19.5. The number of benzene rings is 2. The summed E-state index contributed by atoms with van der Waals surface area (Å²) in [5, 5.41) is 6.60. The lowest BCUT2D eigenvalue weighted by Gasteiger charge is -2.10. The standard InChI is InChI=1S/C21H19ClN4O2/c1-13(27)15-7-9-17(10-8-15)26-21(28)19-11-20(25-14(2)24-19)23-12-16-5-3-4-6-18(16)22/h3-11H,12H2,1-2H3,(H,26,28)(H,23,24,25). The predicted molar refractivity (Wildman–Crippen MR) is 110 cm³/mol. The Morgan fingerprint density at radius 1 is 1.04 bits per heavy atom. The number of carbonyl (C=O) groups is 2. The molecule has 0 aliphatic carbocycles. The van der Waals surface area contributed by atoms with Crippen molar-refractivity contribution in [2.24, 2.45) is 0 Å². The number of hydrogen-bond donors (Lipinski definition) is 2. The van der Waals surface area contributed by atoms with E-state index in [0.29, 0.717) is 34.5 Å². The monoisotopic (exact) mass is 394 g/mol. The number of anilines is 2. The first-order chi connectivity index (χ1) is 13.4. The Kier molecular flexibility index (Phi) is 6.01. The van der Waals surface area contributed by atoms with E-state index in [4.69, 9.17) is 11.6 Å². The van der Waals surface area contributed by atoms with Crippen LogP contribution < -0.4 is 10.6 Å². The van der Waals surface area contributed by atoms with Crippen LogP contribution in [0.1, 0.15) is 39.2 Å². The van der Waals surface area contributed by atoms with Crippen molar-refractivity contribution in [3.8, 4) is 0 Å². The third kappa shape index (κ3) is 4.92. The Balaban J connectivity index is 1.72. The van der Waals surface area contributed by atoms with E-state index in [2.05, 4.69) is 20.6 Å². The molecule has 0 unspecified atom stereocenters. The summed E-state index contributed by atoms with van der Waals surface area (Å²) in [6.07, 6.45) is 0. The molecule has 6 nitrogen and oxygen atoms in total. The van der Waals surface area contributed by atoms with Gasteiger partial charge in [-0.25, -0.2) is 9.97 Å². The van der Waals surface area contributed by atoms with Crippen molar-refractivity contribution in [1.29, 1.82) is 0 Å². The van der Waals surface area contributed by atoms with Gasteiger partial charge in [-0.3, -0.25) is 9.59 Å². The van der Waals surface area contributed by atoms with E-state index >= 15 is 0 Å². The summed E-state index contributed by atoms with van der Waals surface area (Å²) < 4.78 is 0. The second-order valence-electron chi connectivity index (χ2n) is 6.22. The van der Waals surface area contributed by atoms with Crippen LogP contribution in [0.4, 0.5) is 11.5 Å². The van der Waals surface area contributed by atoms with Gasteiger partial charge in [0.2, 0.25) is 0 Å². The van der Waals surface area contributed by atoms with Crippen molar-refractivity contribution in [2.75, 3.05) is 10.6 Å². The molecule has 0 radical (unpaired) electrons. The van der Waals surface area contributed by atoms with Gasteiger partial charge in [-0.2, -0.15) is 0 Å². The highest BCUT2D eigenvalue weighted by Crippen LogP contribution is 2.17. The van der Waals surface area contributed by atoms with Gasteiger partial charge in [-0.1, -0.05) is 29.8 Å². The molecule has 0 saturated heterocycles. The Morgan fingerprint density at radius 3 is 2.43 bits per heavy atom. The van der Waals surface area contributed by atoms with E-state index in [-0.39, 0.29) is 17.4 Å². The third-order valence-electron chi connectivity index (χ3n) is 4.04. The minimum absolute atomic E-state index is 0.0291. The number of hydrogen-bond acceptors (Lipinski definition) is 5. The molecule has 0 spiro atoms. The normalized spacial score (nSPS) is 10.4. The Hall–Kier alpha value is -3.25. The molecule has 1 aromatic heterocycles. The van der Waals surface area contributed by atoms with Crippen LogP contribution in [0.3, 0.4) is 0 Å². The molecule has 1 amide bonds. The first-order valence-electron chi connectivity index (χ1n) is 8.67. The number of amides is 1. The molecular formula is C21H19ClN4O2. The van der Waals surface area contributed by atoms with Crippen molar-refractivity contribution in [2.45, 2.75) is 20.4 Å². The van der Waals surface area contributed by atoms with Gasteiger partial charge >= 0.3 is 0 Å². The highest BCUT2D eigenvalue weighted by atomic mass is 35.5. The summed E-state index contributed by atoms with van der Waals surface area (Å²) in [5.74, 6) is 0.617. The number of Topliss-reactive ketones (excluding diaryl/α,β-unsaturated/α-hetero) is 1. The predicted octanol–water partition coefficient (Wildman–Crippen LogP) is 4.51. The second kappa shape index (κ2) is 8.63. The van der Waals surface area contributed by atoms with Gasteiger partial charge in [-0.05, 0) is 49.7 Å². The Morgan fingerprint density at radius 2 is 1.75 bits per heavy atom. The molecular weight excluding hydrogens is 376 g/mol. The number of aromatic nitrogens is 2. The second-order valence-corrected chi connectivity index (χ2v) is 6.63. The Bertz CT molecular complexity index is 1020. The van der Waals surface area contributed by atoms with E-state index in [1.807, 2.05) is 24.3 Å². The van der Waals surface area contributed by atoms with Gasteiger partial charge in [-0.15, -0.1) is 0 Å². The SMILES string of the molecule is CC(=O)c1ccc(NC(=O)c2cc(NCc3ccccc3Cl)nc(C)n2)cc1. The summed E-state index contributed by atoms with van der Waals surface area (Å²) >= 11 is 6.17. The summed E-state index contributed by atoms with van der Waals surface area (Å²) in [5.41, 5.74) is 2.33. The molecule has 0 bridgehead atoms. The van der Waals surface area contributed by atoms with Gasteiger partial charge in [0.05, 0.1) is 0 Å². The van der Waals surface area contributed by atoms with Crippen LogP contribution in [0.5, 0.6) is 0 Å². The van der Waals surface area contributed by atoms with Gasteiger partial charge in [0, 0.05) is 28.9 Å². The van der Waals surface area contributed by atoms with Crippen LogP contribution in [0.15, 0.2) is 54.6 Å². The number of nitrogens with one attached hydrogen (secondary N) is 2. The molecule has 2 aromatic carbocycles. The van der Waals surface area contributed by atoms with Crippen LogP contribution in [-0.4, -0.2) is 21.7 Å². The molecule has 0 atom stereocenters. The first-order valence-corrected chi connectivity index (χ1v) is 9.05. The lowest BCUT2D eigenvalue weighted by Crippen LogP contribution is -2.16. The lowest BCUT2D eigenvalue weighted by atomic mass is 10.1. The van der Waals surface area contributed by atoms with Crippen molar-refractivity contribution in [1.82, 2.24) is 9.97 Å². The average molecular weight is 395 g/mol. The molecule has 3 aromatic rings. The molecule has 7 heteroatoms. The fraction of sp³-hybridized carbons (Fsp3) is 0.143. The molecule has 0 aliphatic heterocycles. The molecule has 3 rings (SSSR count). The number of aryl methyl sites for hydroxylation is 1. The van der Waals surface area contributed by atoms with Gasteiger partial charge < -0.3 is 10.6 Å². The summed E-state index contributed by atoms with van der Waals surface area (Å²) in [6.45, 7) is 3.69. The van der Waals surface area contributed by atoms with Crippen molar-refractivity contribution < 1.29 is 9.59 Å². The zero-order valence-electron chi connectivity index (χ0n) is 15.5. The van der Waals surface area contributed by atoms with Crippen LogP contribution >= 0.6 is 11.6 Å². The largest absolute Gasteiger partial charge is 0.366 e. The maximum absolute atomic E-state index is 12.5. The highest BCUT2D eigenvalue weighted by molar-refractivity contribution is 6.31. The summed E-state index contributed by atoms with van der Waals surface area (Å²) in [4.78, 5) is 32.4. The maximum Gasteiger partial charge on any atom is 0.274 e. The minimum atomic E-state index is -0.359. The van der Waals surface area contributed by atoms with E-state index in [1.165, 1.54) is 6.92 Å². The van der Waals surface area contributed by atoms with Crippen LogP contribution in [0.25, 0.3) is 0 Å². The number of nitrogens with zero attached hydrogens (tertiary/aromatic N) is 2. The molecule has 28 heavy (non-hydrogen) atoms. The number of carbonyl (C=O) groups excluding carboxylic acids is 2. The van der Waals surface area contributed by atoms with E-state index in [0.717, 1.165) is 5.56 Å². The van der Waals surface area contributed by atoms with Crippen LogP contribution in [-0.2, 0) is 6.54 Å².